The van der Waals surface area contributed by atoms with Gasteiger partial charge in [0.05, 0.1) is 19.1 Å². The van der Waals surface area contributed by atoms with Crippen LogP contribution in [0.1, 0.15) is 25.3 Å². The quantitative estimate of drug-likeness (QED) is 0.756. The number of esters is 1. The summed E-state index contributed by atoms with van der Waals surface area (Å²) >= 11 is 0. The highest BCUT2D eigenvalue weighted by molar-refractivity contribution is 5.80. The van der Waals surface area contributed by atoms with E-state index in [-0.39, 0.29) is 17.5 Å². The number of carbonyl (C=O) groups excluding carboxylic acids is 1. The fourth-order valence-corrected chi connectivity index (χ4v) is 2.14. The van der Waals surface area contributed by atoms with Crippen LogP contribution in [0.15, 0.2) is 18.2 Å². The van der Waals surface area contributed by atoms with Crippen molar-refractivity contribution in [2.75, 3.05) is 13.7 Å². The molecule has 0 spiro atoms. The number of methoxy groups -OCH3 is 1. The number of carbonyl (C=O) groups is 1. The molecule has 0 N–H and O–H groups in total. The van der Waals surface area contributed by atoms with Crippen molar-refractivity contribution in [3.05, 3.63) is 29.6 Å². The molecule has 0 aliphatic heterocycles. The van der Waals surface area contributed by atoms with Crippen LogP contribution in [-0.4, -0.2) is 19.7 Å². The monoisotopic (exact) mass is 252 g/mol. The zero-order chi connectivity index (χ0) is 13.2. The van der Waals surface area contributed by atoms with Gasteiger partial charge in [-0.2, -0.15) is 0 Å². The highest BCUT2D eigenvalue weighted by atomic mass is 19.1. The summed E-state index contributed by atoms with van der Waals surface area (Å²) in [6.07, 6.45) is 2.16. The Morgan fingerprint density at radius 2 is 2.17 bits per heavy atom. The average Bonchev–Trinajstić information content (AvgIpc) is 3.13. The Kier molecular flexibility index (Phi) is 3.55. The molecule has 1 aliphatic rings. The van der Waals surface area contributed by atoms with E-state index in [1.807, 2.05) is 6.92 Å². The van der Waals surface area contributed by atoms with Crippen molar-refractivity contribution in [3.63, 3.8) is 0 Å². The molecule has 0 heterocycles. The topological polar surface area (TPSA) is 35.5 Å². The lowest BCUT2D eigenvalue weighted by molar-refractivity contribution is -0.147. The first-order valence-corrected chi connectivity index (χ1v) is 6.11. The highest BCUT2D eigenvalue weighted by Gasteiger charge is 2.50. The molecule has 2 rings (SSSR count). The predicted octanol–water partition coefficient (Wildman–Crippen LogP) is 2.72. The lowest BCUT2D eigenvalue weighted by Gasteiger charge is -2.13. The fraction of sp³-hybridized carbons (Fsp3) is 0.500. The molecule has 0 amide bonds. The summed E-state index contributed by atoms with van der Waals surface area (Å²) < 4.78 is 23.6. The first-order valence-electron chi connectivity index (χ1n) is 6.11. The van der Waals surface area contributed by atoms with Gasteiger partial charge in [0, 0.05) is 0 Å². The number of halogens is 1. The van der Waals surface area contributed by atoms with Gasteiger partial charge in [-0.15, -0.1) is 0 Å². The molecule has 3 nitrogen and oxygen atoms in total. The maximum absolute atomic E-state index is 13.7. The van der Waals surface area contributed by atoms with Crippen molar-refractivity contribution in [2.45, 2.75) is 26.2 Å². The summed E-state index contributed by atoms with van der Waals surface area (Å²) in [6.45, 7) is 2.24. The van der Waals surface area contributed by atoms with Gasteiger partial charge < -0.3 is 9.47 Å². The van der Waals surface area contributed by atoms with Gasteiger partial charge in [-0.1, -0.05) is 6.07 Å². The van der Waals surface area contributed by atoms with E-state index in [4.69, 9.17) is 9.47 Å². The van der Waals surface area contributed by atoms with Crippen molar-refractivity contribution in [3.8, 4) is 5.75 Å². The third kappa shape index (κ3) is 2.47. The second-order valence-electron chi connectivity index (χ2n) is 4.65. The molecule has 1 aromatic carbocycles. The molecule has 0 aromatic heterocycles. The molecule has 0 radical (unpaired) electrons. The van der Waals surface area contributed by atoms with Crippen molar-refractivity contribution < 1.29 is 18.7 Å². The standard InChI is InChI=1S/C14H17FO3/c1-3-18-12-5-4-10(8-11(12)15)9-14(6-7-14)13(16)17-2/h4-5,8H,3,6-7,9H2,1-2H3. The zero-order valence-electron chi connectivity index (χ0n) is 10.7. The molecule has 1 aliphatic carbocycles. The van der Waals surface area contributed by atoms with Gasteiger partial charge in [-0.25, -0.2) is 4.39 Å². The molecule has 18 heavy (non-hydrogen) atoms. The van der Waals surface area contributed by atoms with Gasteiger partial charge in [-0.3, -0.25) is 4.79 Å². The molecular weight excluding hydrogens is 235 g/mol. The van der Waals surface area contributed by atoms with Gasteiger partial charge in [0.25, 0.3) is 0 Å². The molecule has 1 aromatic rings. The molecule has 0 unspecified atom stereocenters. The van der Waals surface area contributed by atoms with Crippen molar-refractivity contribution in [1.29, 1.82) is 0 Å². The maximum Gasteiger partial charge on any atom is 0.312 e. The molecule has 0 atom stereocenters. The van der Waals surface area contributed by atoms with Crippen LogP contribution in [0, 0.1) is 11.2 Å². The molecule has 0 bridgehead atoms. The van der Waals surface area contributed by atoms with E-state index in [1.165, 1.54) is 13.2 Å². The third-order valence-electron chi connectivity index (χ3n) is 3.31. The number of benzene rings is 1. The van der Waals surface area contributed by atoms with E-state index < -0.39 is 5.41 Å². The minimum atomic E-state index is -0.422. The molecule has 1 fully saturated rings. The summed E-state index contributed by atoms with van der Waals surface area (Å²) in [5, 5.41) is 0. The summed E-state index contributed by atoms with van der Waals surface area (Å²) in [6, 6.07) is 4.85. The number of hydrogen-bond acceptors (Lipinski definition) is 3. The molecule has 98 valence electrons. The SMILES string of the molecule is CCOc1ccc(CC2(C(=O)OC)CC2)cc1F. The van der Waals surface area contributed by atoms with Gasteiger partial charge in [0.15, 0.2) is 11.6 Å². The summed E-state index contributed by atoms with van der Waals surface area (Å²) in [5.41, 5.74) is 0.382. The van der Waals surface area contributed by atoms with Crippen LogP contribution < -0.4 is 4.74 Å². The smallest absolute Gasteiger partial charge is 0.312 e. The van der Waals surface area contributed by atoms with Crippen molar-refractivity contribution in [2.24, 2.45) is 5.41 Å². The largest absolute Gasteiger partial charge is 0.491 e. The molecule has 1 saturated carbocycles. The summed E-state index contributed by atoms with van der Waals surface area (Å²) in [5.74, 6) is -0.323. The van der Waals surface area contributed by atoms with E-state index in [2.05, 4.69) is 0 Å². The summed E-state index contributed by atoms with van der Waals surface area (Å²) in [7, 11) is 1.39. The Labute approximate surface area is 106 Å². The van der Waals surface area contributed by atoms with Crippen LogP contribution >= 0.6 is 0 Å². The van der Waals surface area contributed by atoms with E-state index >= 15 is 0 Å². The maximum atomic E-state index is 13.7. The van der Waals surface area contributed by atoms with E-state index in [0.717, 1.165) is 18.4 Å². The van der Waals surface area contributed by atoms with Gasteiger partial charge in [-0.05, 0) is 43.9 Å². The second kappa shape index (κ2) is 4.96. The third-order valence-corrected chi connectivity index (χ3v) is 3.31. The van der Waals surface area contributed by atoms with Crippen LogP contribution in [0.2, 0.25) is 0 Å². The number of ether oxygens (including phenoxy) is 2. The molecule has 4 heteroatoms. The minimum absolute atomic E-state index is 0.197. The van der Waals surface area contributed by atoms with Crippen LogP contribution in [0.5, 0.6) is 5.75 Å². The Morgan fingerprint density at radius 3 is 2.67 bits per heavy atom. The molecule has 0 saturated heterocycles. The Morgan fingerprint density at radius 1 is 1.44 bits per heavy atom. The lowest BCUT2D eigenvalue weighted by Crippen LogP contribution is -2.20. The Hall–Kier alpha value is -1.58. The van der Waals surface area contributed by atoms with Crippen LogP contribution in [0.3, 0.4) is 0 Å². The predicted molar refractivity (Wildman–Crippen MR) is 65.0 cm³/mol. The average molecular weight is 252 g/mol. The molecular formula is C14H17FO3. The Balaban J connectivity index is 2.11. The fourth-order valence-electron chi connectivity index (χ4n) is 2.14. The van der Waals surface area contributed by atoms with Gasteiger partial charge in [0.1, 0.15) is 0 Å². The first-order chi connectivity index (χ1) is 8.61. The Bertz CT molecular complexity index is 452. The summed E-state index contributed by atoms with van der Waals surface area (Å²) in [4.78, 5) is 11.6. The second-order valence-corrected chi connectivity index (χ2v) is 4.65. The van der Waals surface area contributed by atoms with Crippen LogP contribution in [-0.2, 0) is 16.0 Å². The van der Waals surface area contributed by atoms with E-state index in [0.29, 0.717) is 13.0 Å². The normalized spacial score (nSPS) is 16.2. The van der Waals surface area contributed by atoms with Crippen LogP contribution in [0.25, 0.3) is 0 Å². The van der Waals surface area contributed by atoms with Crippen LogP contribution in [0.4, 0.5) is 4.39 Å². The van der Waals surface area contributed by atoms with Gasteiger partial charge >= 0.3 is 5.97 Å². The first kappa shape index (κ1) is 12.9. The lowest BCUT2D eigenvalue weighted by atomic mass is 9.96. The van der Waals surface area contributed by atoms with E-state index in [1.54, 1.807) is 12.1 Å². The number of rotatable bonds is 5. The number of hydrogen-bond donors (Lipinski definition) is 0. The highest BCUT2D eigenvalue weighted by Crippen LogP contribution is 2.49. The minimum Gasteiger partial charge on any atom is -0.491 e. The van der Waals surface area contributed by atoms with Gasteiger partial charge in [0.2, 0.25) is 0 Å². The van der Waals surface area contributed by atoms with Crippen molar-refractivity contribution >= 4 is 5.97 Å². The van der Waals surface area contributed by atoms with Crippen molar-refractivity contribution in [1.82, 2.24) is 0 Å². The zero-order valence-corrected chi connectivity index (χ0v) is 10.7. The van der Waals surface area contributed by atoms with E-state index in [9.17, 15) is 9.18 Å².